The predicted molar refractivity (Wildman–Crippen MR) is 99.4 cm³/mol. The molecule has 0 aliphatic rings. The van der Waals surface area contributed by atoms with Crippen molar-refractivity contribution in [1.29, 1.82) is 0 Å². The molecule has 7 nitrogen and oxygen atoms in total. The molecule has 2 N–H and O–H groups in total. The average molecular weight is 442 g/mol. The lowest BCUT2D eigenvalue weighted by molar-refractivity contribution is -0.145. The monoisotopic (exact) mass is 441 g/mol. The number of thiophene rings is 1. The van der Waals surface area contributed by atoms with E-state index in [1.165, 1.54) is 7.11 Å². The second-order valence-electron chi connectivity index (χ2n) is 4.93. The van der Waals surface area contributed by atoms with Crippen LogP contribution >= 0.6 is 27.3 Å². The number of nitrogens with two attached hydrogens (primary N) is 1. The molecule has 0 bridgehead atoms. The molecule has 138 valence electrons. The molecular weight excluding hydrogens is 426 g/mol. The van der Waals surface area contributed by atoms with Crippen LogP contribution in [0.15, 0.2) is 28.7 Å². The molecule has 0 spiro atoms. The van der Waals surface area contributed by atoms with Gasteiger partial charge in [0.2, 0.25) is 5.91 Å². The Labute approximate surface area is 162 Å². The number of carbonyl (C=O) groups is 3. The molecule has 9 heteroatoms. The number of amides is 1. The standard InChI is InChI=1S/C17H16BrNO6S/c1-3-24-11(20)8-25-13-12(18)14(26-15(13)17(22)23-2)9-4-6-10(7-5-9)16(19)21/h4-7H,3,8H2,1-2H3,(H2,19,21). The Balaban J connectivity index is 2.39. The van der Waals surface area contributed by atoms with E-state index in [9.17, 15) is 14.4 Å². The van der Waals surface area contributed by atoms with Gasteiger partial charge in [0.25, 0.3) is 0 Å². The van der Waals surface area contributed by atoms with Crippen molar-refractivity contribution in [3.05, 3.63) is 39.2 Å². The summed E-state index contributed by atoms with van der Waals surface area (Å²) in [4.78, 5) is 35.7. The Morgan fingerprint density at radius 1 is 1.19 bits per heavy atom. The topological polar surface area (TPSA) is 105 Å². The molecule has 0 aliphatic carbocycles. The lowest BCUT2D eigenvalue weighted by atomic mass is 10.1. The molecule has 2 aromatic rings. The molecule has 26 heavy (non-hydrogen) atoms. The molecule has 0 saturated carbocycles. The maximum absolute atomic E-state index is 12.1. The molecule has 0 fully saturated rings. The van der Waals surface area contributed by atoms with E-state index in [1.807, 2.05) is 0 Å². The average Bonchev–Trinajstić information content (AvgIpc) is 2.96. The van der Waals surface area contributed by atoms with E-state index in [4.69, 9.17) is 19.9 Å². The van der Waals surface area contributed by atoms with Crippen molar-refractivity contribution >= 4 is 45.1 Å². The quantitative estimate of drug-likeness (QED) is 0.661. The van der Waals surface area contributed by atoms with Crippen LogP contribution in [0.5, 0.6) is 5.75 Å². The Morgan fingerprint density at radius 2 is 1.85 bits per heavy atom. The molecular formula is C17H16BrNO6S. The van der Waals surface area contributed by atoms with Gasteiger partial charge in [0.1, 0.15) is 0 Å². The highest BCUT2D eigenvalue weighted by molar-refractivity contribution is 9.10. The first kappa shape index (κ1) is 19.9. The van der Waals surface area contributed by atoms with Gasteiger partial charge in [-0.15, -0.1) is 11.3 Å². The number of hydrogen-bond acceptors (Lipinski definition) is 7. The Hall–Kier alpha value is -2.39. The van der Waals surface area contributed by atoms with Crippen molar-refractivity contribution in [3.63, 3.8) is 0 Å². The maximum Gasteiger partial charge on any atom is 0.351 e. The summed E-state index contributed by atoms with van der Waals surface area (Å²) in [6, 6.07) is 6.57. The molecule has 0 saturated heterocycles. The van der Waals surface area contributed by atoms with E-state index >= 15 is 0 Å². The molecule has 0 radical (unpaired) electrons. The lowest BCUT2D eigenvalue weighted by Crippen LogP contribution is -2.15. The number of ether oxygens (including phenoxy) is 3. The lowest BCUT2D eigenvalue weighted by Gasteiger charge is -2.07. The second-order valence-corrected chi connectivity index (χ2v) is 6.74. The summed E-state index contributed by atoms with van der Waals surface area (Å²) in [5.41, 5.74) is 6.35. The number of benzene rings is 1. The van der Waals surface area contributed by atoms with Gasteiger partial charge in [0.05, 0.1) is 23.1 Å². The van der Waals surface area contributed by atoms with Crippen molar-refractivity contribution in [2.45, 2.75) is 6.92 Å². The summed E-state index contributed by atoms with van der Waals surface area (Å²) < 4.78 is 15.6. The number of halogens is 1. The van der Waals surface area contributed by atoms with Crippen molar-refractivity contribution in [2.75, 3.05) is 20.3 Å². The smallest absolute Gasteiger partial charge is 0.351 e. The van der Waals surface area contributed by atoms with E-state index < -0.39 is 17.8 Å². The Kier molecular flexibility index (Phi) is 6.76. The molecule has 1 aromatic carbocycles. The van der Waals surface area contributed by atoms with Gasteiger partial charge in [-0.3, -0.25) is 4.79 Å². The number of methoxy groups -OCH3 is 1. The molecule has 1 heterocycles. The maximum atomic E-state index is 12.1. The summed E-state index contributed by atoms with van der Waals surface area (Å²) in [6.07, 6.45) is 0. The summed E-state index contributed by atoms with van der Waals surface area (Å²) >= 11 is 4.54. The summed E-state index contributed by atoms with van der Waals surface area (Å²) in [6.45, 7) is 1.58. The first-order valence-corrected chi connectivity index (χ1v) is 9.09. The minimum absolute atomic E-state index is 0.198. The van der Waals surface area contributed by atoms with Crippen LogP contribution in [0.3, 0.4) is 0 Å². The van der Waals surface area contributed by atoms with Crippen LogP contribution < -0.4 is 10.5 Å². The van der Waals surface area contributed by atoms with Gasteiger partial charge < -0.3 is 19.9 Å². The van der Waals surface area contributed by atoms with Gasteiger partial charge in [-0.2, -0.15) is 0 Å². The zero-order chi connectivity index (χ0) is 19.3. The van der Waals surface area contributed by atoms with Crippen LogP contribution in [0.4, 0.5) is 0 Å². The van der Waals surface area contributed by atoms with E-state index in [1.54, 1.807) is 31.2 Å². The van der Waals surface area contributed by atoms with Gasteiger partial charge >= 0.3 is 11.9 Å². The van der Waals surface area contributed by atoms with Crippen molar-refractivity contribution < 1.29 is 28.6 Å². The van der Waals surface area contributed by atoms with Gasteiger partial charge in [-0.25, -0.2) is 9.59 Å². The SMILES string of the molecule is CCOC(=O)COc1c(C(=O)OC)sc(-c2ccc(C(N)=O)cc2)c1Br. The number of rotatable bonds is 7. The molecule has 2 rings (SSSR count). The van der Waals surface area contributed by atoms with Gasteiger partial charge in [0.15, 0.2) is 17.2 Å². The van der Waals surface area contributed by atoms with Crippen molar-refractivity contribution in [3.8, 4) is 16.2 Å². The normalized spacial score (nSPS) is 10.3. The summed E-state index contributed by atoms with van der Waals surface area (Å²) in [7, 11) is 1.26. The zero-order valence-corrected chi connectivity index (χ0v) is 16.4. The van der Waals surface area contributed by atoms with Crippen LogP contribution in [0.2, 0.25) is 0 Å². The molecule has 1 aromatic heterocycles. The van der Waals surface area contributed by atoms with Crippen LogP contribution in [0, 0.1) is 0 Å². The first-order chi connectivity index (χ1) is 12.4. The van der Waals surface area contributed by atoms with Gasteiger partial charge in [-0.1, -0.05) is 12.1 Å². The molecule has 0 aliphatic heterocycles. The Bertz CT molecular complexity index is 831. The number of carbonyl (C=O) groups excluding carboxylic acids is 3. The number of hydrogen-bond donors (Lipinski definition) is 1. The van der Waals surface area contributed by atoms with Crippen LogP contribution in [-0.2, 0) is 14.3 Å². The van der Waals surface area contributed by atoms with Crippen molar-refractivity contribution in [2.24, 2.45) is 5.73 Å². The van der Waals surface area contributed by atoms with Gasteiger partial charge in [-0.05, 0) is 40.5 Å². The fraction of sp³-hybridized carbons (Fsp3) is 0.235. The van der Waals surface area contributed by atoms with Crippen molar-refractivity contribution in [1.82, 2.24) is 0 Å². The predicted octanol–water partition coefficient (Wildman–Crippen LogP) is 3.01. The fourth-order valence-corrected chi connectivity index (χ4v) is 4.03. The van der Waals surface area contributed by atoms with Crippen LogP contribution in [0.25, 0.3) is 10.4 Å². The van der Waals surface area contributed by atoms with E-state index in [2.05, 4.69) is 15.9 Å². The van der Waals surface area contributed by atoms with Gasteiger partial charge in [0, 0.05) is 5.56 Å². The first-order valence-electron chi connectivity index (χ1n) is 7.48. The largest absolute Gasteiger partial charge is 0.479 e. The van der Waals surface area contributed by atoms with Crippen LogP contribution in [0.1, 0.15) is 27.0 Å². The van der Waals surface area contributed by atoms with E-state index in [0.29, 0.717) is 14.9 Å². The van der Waals surface area contributed by atoms with Crippen LogP contribution in [-0.4, -0.2) is 38.2 Å². The molecule has 1 amide bonds. The third-order valence-electron chi connectivity index (χ3n) is 3.25. The van der Waals surface area contributed by atoms with E-state index in [-0.39, 0.29) is 23.8 Å². The number of primary amides is 1. The highest BCUT2D eigenvalue weighted by atomic mass is 79.9. The third-order valence-corrected chi connectivity index (χ3v) is 5.47. The summed E-state index contributed by atoms with van der Waals surface area (Å²) in [5.74, 6) is -1.47. The second kappa shape index (κ2) is 8.81. The highest BCUT2D eigenvalue weighted by Gasteiger charge is 2.25. The Morgan fingerprint density at radius 3 is 2.38 bits per heavy atom. The third kappa shape index (κ3) is 4.41. The summed E-state index contributed by atoms with van der Waals surface area (Å²) in [5, 5.41) is 0. The molecule has 0 unspecified atom stereocenters. The van der Waals surface area contributed by atoms with E-state index in [0.717, 1.165) is 16.9 Å². The minimum atomic E-state index is -0.588. The fourth-order valence-electron chi connectivity index (χ4n) is 2.06. The molecule has 0 atom stereocenters. The zero-order valence-electron chi connectivity index (χ0n) is 14.0. The minimum Gasteiger partial charge on any atom is -0.479 e. The highest BCUT2D eigenvalue weighted by Crippen LogP contribution is 2.45. The number of esters is 2.